The number of hydrogen-bond acceptors (Lipinski definition) is 10. The second-order valence-electron chi connectivity index (χ2n) is 6.89. The van der Waals surface area contributed by atoms with E-state index in [0.717, 1.165) is 0 Å². The molecule has 13 nitrogen and oxygen atoms in total. The normalized spacial score (nSPS) is 22.4. The average molecular weight is 471 g/mol. The lowest BCUT2D eigenvalue weighted by molar-refractivity contribution is -0.752. The molecule has 1 fully saturated rings. The summed E-state index contributed by atoms with van der Waals surface area (Å²) in [6.45, 7) is 4.50. The predicted molar refractivity (Wildman–Crippen MR) is 105 cm³/mol. The molecule has 3 heterocycles. The van der Waals surface area contributed by atoms with Crippen LogP contribution >= 0.6 is 11.6 Å². The van der Waals surface area contributed by atoms with E-state index in [4.69, 9.17) is 30.5 Å². The van der Waals surface area contributed by atoms with Crippen LogP contribution in [-0.4, -0.2) is 63.7 Å². The van der Waals surface area contributed by atoms with Crippen LogP contribution < -0.4 is 9.88 Å². The van der Waals surface area contributed by atoms with Gasteiger partial charge in [0.15, 0.2) is 11.6 Å². The second-order valence-corrected chi connectivity index (χ2v) is 7.25. The van der Waals surface area contributed by atoms with E-state index in [-0.39, 0.29) is 23.4 Å². The molecule has 2 aromatic rings. The quantitative estimate of drug-likeness (QED) is 0.257. The van der Waals surface area contributed by atoms with Gasteiger partial charge in [0.25, 0.3) is 11.6 Å². The molecule has 1 saturated heterocycles. The van der Waals surface area contributed by atoms with E-state index in [2.05, 4.69) is 20.3 Å². The molecule has 1 amide bonds. The maximum Gasteiger partial charge on any atom is 0.404 e. The zero-order chi connectivity index (χ0) is 23.6. The maximum atomic E-state index is 11.9. The van der Waals surface area contributed by atoms with Crippen LogP contribution in [0, 0.1) is 0 Å². The Balaban J connectivity index is 2.14. The maximum absolute atomic E-state index is 11.9. The van der Waals surface area contributed by atoms with Crippen LogP contribution in [0.2, 0.25) is 5.15 Å². The van der Waals surface area contributed by atoms with Crippen molar-refractivity contribution in [1.29, 1.82) is 0 Å². The fourth-order valence-electron chi connectivity index (χ4n) is 3.27. The standard InChI is InChI=1S/C18H20ClN5O8/c1-7(25)22-18-23-16-12(20-6-21-16)15(19)24(18)17-14(31-10(4)28)13(30-9(3)27)11(32-17)5-29-8(2)26/h6,11,13-14,17H,5H2,1-4H3,(H,20,21,22,23,25)/p+1/t11-,13+,14-,17-/m1/s1. The molecule has 1 aliphatic rings. The highest BCUT2D eigenvalue weighted by molar-refractivity contribution is 6.32. The van der Waals surface area contributed by atoms with Crippen molar-refractivity contribution in [3.63, 3.8) is 0 Å². The third kappa shape index (κ3) is 4.94. The summed E-state index contributed by atoms with van der Waals surface area (Å²) < 4.78 is 23.0. The molecule has 0 bridgehead atoms. The minimum atomic E-state index is -1.21. The fraction of sp³-hybridized carbons (Fsp3) is 0.500. The van der Waals surface area contributed by atoms with Crippen LogP contribution in [0.15, 0.2) is 6.33 Å². The number of esters is 3. The predicted octanol–water partition coefficient (Wildman–Crippen LogP) is 0.181. The van der Waals surface area contributed by atoms with E-state index >= 15 is 0 Å². The number of nitrogens with zero attached hydrogens (tertiary/aromatic N) is 3. The van der Waals surface area contributed by atoms with E-state index in [1.54, 1.807) is 0 Å². The first kappa shape index (κ1) is 23.3. The Bertz CT molecular complexity index is 1070. The van der Waals surface area contributed by atoms with Gasteiger partial charge in [-0.15, -0.1) is 0 Å². The Morgan fingerprint density at radius 3 is 2.38 bits per heavy atom. The molecule has 0 radical (unpaired) electrons. The van der Waals surface area contributed by atoms with Crippen molar-refractivity contribution in [3.8, 4) is 0 Å². The highest BCUT2D eigenvalue weighted by Gasteiger charge is 2.54. The van der Waals surface area contributed by atoms with E-state index in [9.17, 15) is 19.2 Å². The molecule has 2 N–H and O–H groups in total. The summed E-state index contributed by atoms with van der Waals surface area (Å²) in [5.74, 6) is -2.48. The molecule has 0 unspecified atom stereocenters. The number of ether oxygens (including phenoxy) is 4. The summed E-state index contributed by atoms with van der Waals surface area (Å²) in [7, 11) is 0. The third-order valence-electron chi connectivity index (χ3n) is 4.36. The first-order valence-electron chi connectivity index (χ1n) is 9.43. The number of aromatic amines is 1. The van der Waals surface area contributed by atoms with Crippen LogP contribution in [0.1, 0.15) is 33.9 Å². The second kappa shape index (κ2) is 9.44. The first-order chi connectivity index (χ1) is 15.1. The number of halogens is 1. The molecule has 3 rings (SSSR count). The monoisotopic (exact) mass is 470 g/mol. The number of imidazole rings is 1. The smallest absolute Gasteiger partial charge is 0.404 e. The summed E-state index contributed by atoms with van der Waals surface area (Å²) >= 11 is 6.57. The summed E-state index contributed by atoms with van der Waals surface area (Å²) in [6.07, 6.45) is -3.22. The van der Waals surface area contributed by atoms with Crippen LogP contribution in [0.25, 0.3) is 11.2 Å². The summed E-state index contributed by atoms with van der Waals surface area (Å²) in [5.41, 5.74) is 0.531. The van der Waals surface area contributed by atoms with Gasteiger partial charge in [-0.3, -0.25) is 19.2 Å². The van der Waals surface area contributed by atoms with Crippen LogP contribution in [0.5, 0.6) is 0 Å². The Morgan fingerprint density at radius 2 is 1.78 bits per heavy atom. The number of nitrogens with one attached hydrogen (secondary N) is 2. The van der Waals surface area contributed by atoms with Gasteiger partial charge in [-0.1, -0.05) is 0 Å². The van der Waals surface area contributed by atoms with Gasteiger partial charge in [0, 0.05) is 27.7 Å². The Labute approximate surface area is 186 Å². The Hall–Kier alpha value is -3.32. The van der Waals surface area contributed by atoms with Gasteiger partial charge in [-0.05, 0) is 16.6 Å². The lowest BCUT2D eigenvalue weighted by Crippen LogP contribution is -2.51. The fourth-order valence-corrected chi connectivity index (χ4v) is 3.59. The SMILES string of the molecule is CC(=O)Nc1nc2nc[nH]c2c(Cl)[n+]1[C@@H]1O[C@H](COC(C)=O)[C@H](OC(C)=O)[C@H]1OC(C)=O. The molecule has 14 heteroatoms. The van der Waals surface area contributed by atoms with Crippen molar-refractivity contribution in [3.05, 3.63) is 11.5 Å². The summed E-state index contributed by atoms with van der Waals surface area (Å²) in [4.78, 5) is 57.8. The van der Waals surface area contributed by atoms with Crippen LogP contribution in [0.4, 0.5) is 5.95 Å². The van der Waals surface area contributed by atoms with Crippen molar-refractivity contribution in [2.45, 2.75) is 52.2 Å². The van der Waals surface area contributed by atoms with Gasteiger partial charge in [0.05, 0.1) is 6.33 Å². The Morgan fingerprint density at radius 1 is 1.12 bits per heavy atom. The van der Waals surface area contributed by atoms with Gasteiger partial charge in [0.1, 0.15) is 12.7 Å². The van der Waals surface area contributed by atoms with Crippen molar-refractivity contribution in [2.24, 2.45) is 0 Å². The molecule has 0 aliphatic carbocycles. The van der Waals surface area contributed by atoms with E-state index in [1.807, 2.05) is 0 Å². The third-order valence-corrected chi connectivity index (χ3v) is 4.73. The number of amides is 1. The molecule has 32 heavy (non-hydrogen) atoms. The molecular formula is C18H21ClN5O8+. The lowest BCUT2D eigenvalue weighted by atomic mass is 10.1. The number of aromatic nitrogens is 4. The topological polar surface area (TPSA) is 163 Å². The number of rotatable bonds is 6. The number of fused-ring (bicyclic) bond motifs is 1. The van der Waals surface area contributed by atoms with Crippen LogP contribution in [0.3, 0.4) is 0 Å². The Kier molecular flexibility index (Phi) is 6.89. The van der Waals surface area contributed by atoms with Gasteiger partial charge < -0.3 is 23.9 Å². The van der Waals surface area contributed by atoms with Gasteiger partial charge >= 0.3 is 23.9 Å². The molecule has 4 atom stereocenters. The molecule has 0 saturated carbocycles. The van der Waals surface area contributed by atoms with Crippen molar-refractivity contribution in [2.75, 3.05) is 11.9 Å². The lowest BCUT2D eigenvalue weighted by Gasteiger charge is -2.23. The minimum Gasteiger partial charge on any atom is -0.463 e. The average Bonchev–Trinajstić information content (AvgIpc) is 3.25. The number of hydrogen-bond donors (Lipinski definition) is 2. The molecule has 0 spiro atoms. The molecule has 0 aromatic carbocycles. The molecule has 172 valence electrons. The van der Waals surface area contributed by atoms with E-state index in [0.29, 0.717) is 5.52 Å². The highest BCUT2D eigenvalue weighted by atomic mass is 35.5. The minimum absolute atomic E-state index is 0.0214. The zero-order valence-electron chi connectivity index (χ0n) is 17.6. The first-order valence-corrected chi connectivity index (χ1v) is 9.81. The zero-order valence-corrected chi connectivity index (χ0v) is 18.3. The summed E-state index contributed by atoms with van der Waals surface area (Å²) in [5, 5.41) is 2.55. The van der Waals surface area contributed by atoms with Gasteiger partial charge in [-0.2, -0.15) is 4.57 Å². The van der Waals surface area contributed by atoms with Crippen LogP contribution in [-0.2, 0) is 38.1 Å². The number of H-pyrrole nitrogens is 1. The van der Waals surface area contributed by atoms with Gasteiger partial charge in [0.2, 0.25) is 17.5 Å². The van der Waals surface area contributed by atoms with Crippen molar-refractivity contribution >= 4 is 52.5 Å². The van der Waals surface area contributed by atoms with Crippen molar-refractivity contribution < 1.29 is 42.7 Å². The molecule has 1 aliphatic heterocycles. The highest BCUT2D eigenvalue weighted by Crippen LogP contribution is 2.34. The van der Waals surface area contributed by atoms with Gasteiger partial charge in [-0.25, -0.2) is 10.3 Å². The number of anilines is 1. The van der Waals surface area contributed by atoms with E-state index in [1.165, 1.54) is 38.6 Å². The molecular weight excluding hydrogens is 450 g/mol. The molecule has 2 aromatic heterocycles. The number of carbonyl (C=O) groups is 4. The summed E-state index contributed by atoms with van der Waals surface area (Å²) in [6, 6.07) is 0. The van der Waals surface area contributed by atoms with E-state index < -0.39 is 48.4 Å². The number of carbonyl (C=O) groups excluding carboxylic acids is 4. The van der Waals surface area contributed by atoms with Crippen molar-refractivity contribution in [1.82, 2.24) is 15.0 Å². The largest absolute Gasteiger partial charge is 0.463 e.